The maximum absolute atomic E-state index is 11.3. The molecule has 0 saturated carbocycles. The molecular formula is C10H22N2O2S. The second kappa shape index (κ2) is 8.85. The van der Waals surface area contributed by atoms with Crippen molar-refractivity contribution in [2.75, 3.05) is 24.6 Å². The highest BCUT2D eigenvalue weighted by Crippen LogP contribution is 2.02. The largest absolute Gasteiger partial charge is 0.355 e. The highest BCUT2D eigenvalue weighted by atomic mass is 32.2. The summed E-state index contributed by atoms with van der Waals surface area (Å²) in [5, 5.41) is 2.75. The van der Waals surface area contributed by atoms with Gasteiger partial charge >= 0.3 is 0 Å². The number of hydrogen-bond acceptors (Lipinski definition) is 3. The molecule has 90 valence electrons. The Morgan fingerprint density at radius 2 is 2.20 bits per heavy atom. The van der Waals surface area contributed by atoms with Crippen LogP contribution in [-0.2, 0) is 15.6 Å². The predicted octanol–water partition coefficient (Wildman–Crippen LogP) is 0.246. The number of carbonyl (C=O) groups is 1. The lowest BCUT2D eigenvalue weighted by atomic mass is 10.1. The summed E-state index contributed by atoms with van der Waals surface area (Å²) < 4.78 is 11.0. The Morgan fingerprint density at radius 3 is 2.73 bits per heavy atom. The van der Waals surface area contributed by atoms with Crippen LogP contribution in [0.5, 0.6) is 0 Å². The van der Waals surface area contributed by atoms with Crippen LogP contribution in [0.1, 0.15) is 26.7 Å². The van der Waals surface area contributed by atoms with Crippen LogP contribution < -0.4 is 11.1 Å². The molecule has 2 atom stereocenters. The highest BCUT2D eigenvalue weighted by molar-refractivity contribution is 7.84. The van der Waals surface area contributed by atoms with Crippen LogP contribution in [0.4, 0.5) is 0 Å². The normalized spacial score (nSPS) is 14.6. The Hall–Kier alpha value is -0.420. The molecule has 1 amide bonds. The molecule has 15 heavy (non-hydrogen) atoms. The quantitative estimate of drug-likeness (QED) is 0.632. The van der Waals surface area contributed by atoms with Gasteiger partial charge in [-0.2, -0.15) is 0 Å². The standard InChI is InChI=1S/C10H22N2O2S/c1-3-15(14)7-6-12-10(13)5-4-9(2)8-11/h9H,3-8,11H2,1-2H3,(H,12,13). The average Bonchev–Trinajstić information content (AvgIpc) is 2.25. The minimum atomic E-state index is -0.792. The monoisotopic (exact) mass is 234 g/mol. The van der Waals surface area contributed by atoms with E-state index >= 15 is 0 Å². The topological polar surface area (TPSA) is 72.2 Å². The minimum Gasteiger partial charge on any atom is -0.355 e. The van der Waals surface area contributed by atoms with Gasteiger partial charge in [0.05, 0.1) is 0 Å². The third kappa shape index (κ3) is 8.57. The van der Waals surface area contributed by atoms with Gasteiger partial charge in [-0.05, 0) is 18.9 Å². The molecule has 0 heterocycles. The molecule has 0 bridgehead atoms. The lowest BCUT2D eigenvalue weighted by molar-refractivity contribution is -0.121. The second-order valence-corrected chi connectivity index (χ2v) is 5.53. The van der Waals surface area contributed by atoms with E-state index < -0.39 is 10.8 Å². The van der Waals surface area contributed by atoms with Crippen LogP contribution in [0.3, 0.4) is 0 Å². The number of amides is 1. The molecule has 5 heteroatoms. The van der Waals surface area contributed by atoms with E-state index in [9.17, 15) is 9.00 Å². The lowest BCUT2D eigenvalue weighted by Gasteiger charge is -2.08. The zero-order chi connectivity index (χ0) is 11.7. The van der Waals surface area contributed by atoms with Gasteiger partial charge in [-0.25, -0.2) is 0 Å². The average molecular weight is 234 g/mol. The van der Waals surface area contributed by atoms with E-state index in [2.05, 4.69) is 5.32 Å². The van der Waals surface area contributed by atoms with E-state index in [1.165, 1.54) is 0 Å². The van der Waals surface area contributed by atoms with Crippen LogP contribution in [0, 0.1) is 5.92 Å². The van der Waals surface area contributed by atoms with E-state index in [1.807, 2.05) is 13.8 Å². The number of hydrogen-bond donors (Lipinski definition) is 2. The summed E-state index contributed by atoms with van der Waals surface area (Å²) >= 11 is 0. The maximum atomic E-state index is 11.3. The predicted molar refractivity (Wildman–Crippen MR) is 64.0 cm³/mol. The van der Waals surface area contributed by atoms with Crippen molar-refractivity contribution in [2.24, 2.45) is 11.7 Å². The van der Waals surface area contributed by atoms with Crippen molar-refractivity contribution >= 4 is 16.7 Å². The van der Waals surface area contributed by atoms with Crippen molar-refractivity contribution in [3.8, 4) is 0 Å². The fourth-order valence-electron chi connectivity index (χ4n) is 1.03. The molecule has 4 nitrogen and oxygen atoms in total. The first-order valence-corrected chi connectivity index (χ1v) is 6.90. The third-order valence-corrected chi connectivity index (χ3v) is 3.54. The van der Waals surface area contributed by atoms with Gasteiger partial charge in [-0.15, -0.1) is 0 Å². The summed E-state index contributed by atoms with van der Waals surface area (Å²) in [7, 11) is -0.792. The van der Waals surface area contributed by atoms with Gasteiger partial charge in [0.2, 0.25) is 5.91 Å². The molecule has 0 spiro atoms. The Bertz CT molecular complexity index is 210. The van der Waals surface area contributed by atoms with E-state index in [4.69, 9.17) is 5.73 Å². The summed E-state index contributed by atoms with van der Waals surface area (Å²) in [6.07, 6.45) is 1.33. The highest BCUT2D eigenvalue weighted by Gasteiger charge is 2.05. The molecule has 2 unspecified atom stereocenters. The molecule has 0 aromatic carbocycles. The van der Waals surface area contributed by atoms with Crippen molar-refractivity contribution < 1.29 is 9.00 Å². The maximum Gasteiger partial charge on any atom is 0.220 e. The van der Waals surface area contributed by atoms with Crippen LogP contribution in [0.15, 0.2) is 0 Å². The number of rotatable bonds is 8. The number of carbonyl (C=O) groups excluding carboxylic acids is 1. The zero-order valence-corrected chi connectivity index (χ0v) is 10.4. The van der Waals surface area contributed by atoms with Gasteiger partial charge < -0.3 is 11.1 Å². The summed E-state index contributed by atoms with van der Waals surface area (Å²) in [5.74, 6) is 1.62. The van der Waals surface area contributed by atoms with Crippen molar-refractivity contribution in [1.29, 1.82) is 0 Å². The van der Waals surface area contributed by atoms with E-state index in [1.54, 1.807) is 0 Å². The first-order valence-electron chi connectivity index (χ1n) is 5.41. The molecule has 0 saturated heterocycles. The van der Waals surface area contributed by atoms with Crippen molar-refractivity contribution in [1.82, 2.24) is 5.32 Å². The Balaban J connectivity index is 3.45. The third-order valence-electron chi connectivity index (χ3n) is 2.24. The Kier molecular flexibility index (Phi) is 8.61. The molecule has 0 aromatic rings. The van der Waals surface area contributed by atoms with Gasteiger partial charge in [0, 0.05) is 35.3 Å². The van der Waals surface area contributed by atoms with Crippen molar-refractivity contribution in [3.05, 3.63) is 0 Å². The molecule has 0 rings (SSSR count). The lowest BCUT2D eigenvalue weighted by Crippen LogP contribution is -2.28. The molecule has 0 aromatic heterocycles. The van der Waals surface area contributed by atoms with Gasteiger partial charge in [0.25, 0.3) is 0 Å². The summed E-state index contributed by atoms with van der Waals surface area (Å²) in [6, 6.07) is 0. The van der Waals surface area contributed by atoms with Crippen molar-refractivity contribution in [2.45, 2.75) is 26.7 Å². The van der Waals surface area contributed by atoms with Crippen LogP contribution >= 0.6 is 0 Å². The van der Waals surface area contributed by atoms with Gasteiger partial charge in [0.1, 0.15) is 0 Å². The summed E-state index contributed by atoms with van der Waals surface area (Å²) in [6.45, 7) is 5.03. The summed E-state index contributed by atoms with van der Waals surface area (Å²) in [5.41, 5.74) is 5.44. The van der Waals surface area contributed by atoms with Gasteiger partial charge in [0.15, 0.2) is 0 Å². The fraction of sp³-hybridized carbons (Fsp3) is 0.900. The summed E-state index contributed by atoms with van der Waals surface area (Å²) in [4.78, 5) is 11.3. The molecule has 0 aliphatic carbocycles. The minimum absolute atomic E-state index is 0.0309. The molecule has 0 aliphatic rings. The fourth-order valence-corrected chi connectivity index (χ4v) is 1.65. The number of nitrogens with one attached hydrogen (secondary N) is 1. The zero-order valence-electron chi connectivity index (χ0n) is 9.62. The first-order chi connectivity index (χ1) is 7.10. The van der Waals surface area contributed by atoms with Gasteiger partial charge in [-0.3, -0.25) is 9.00 Å². The van der Waals surface area contributed by atoms with E-state index in [-0.39, 0.29) is 5.91 Å². The molecular weight excluding hydrogens is 212 g/mol. The van der Waals surface area contributed by atoms with Crippen LogP contribution in [0.25, 0.3) is 0 Å². The Labute approximate surface area is 94.4 Å². The smallest absolute Gasteiger partial charge is 0.220 e. The first kappa shape index (κ1) is 14.6. The van der Waals surface area contributed by atoms with Crippen molar-refractivity contribution in [3.63, 3.8) is 0 Å². The van der Waals surface area contributed by atoms with E-state index in [0.29, 0.717) is 36.9 Å². The molecule has 3 N–H and O–H groups in total. The van der Waals surface area contributed by atoms with Gasteiger partial charge in [-0.1, -0.05) is 13.8 Å². The molecule has 0 aliphatic heterocycles. The second-order valence-electron chi connectivity index (χ2n) is 3.66. The Morgan fingerprint density at radius 1 is 1.53 bits per heavy atom. The van der Waals surface area contributed by atoms with Crippen LogP contribution in [0.2, 0.25) is 0 Å². The van der Waals surface area contributed by atoms with Crippen LogP contribution in [-0.4, -0.2) is 34.7 Å². The van der Waals surface area contributed by atoms with E-state index in [0.717, 1.165) is 6.42 Å². The number of nitrogens with two attached hydrogens (primary N) is 1. The molecule has 0 fully saturated rings. The molecule has 0 radical (unpaired) electrons. The SMILES string of the molecule is CCS(=O)CCNC(=O)CCC(C)CN.